The van der Waals surface area contributed by atoms with Gasteiger partial charge in [0.05, 0.1) is 27.2 Å². The first-order valence-corrected chi connectivity index (χ1v) is 9.78. The molecule has 33 heavy (non-hydrogen) atoms. The lowest BCUT2D eigenvalue weighted by Crippen LogP contribution is -2.22. The number of ketones is 1. The number of alkyl halides is 6. The number of halogens is 11. The maximum atomic E-state index is 14.7. The number of hydrogen-bond donors (Lipinski definition) is 1. The Morgan fingerprint density at radius 3 is 2.03 bits per heavy atom. The van der Waals surface area contributed by atoms with Gasteiger partial charge in [0.2, 0.25) is 0 Å². The first-order valence-electron chi connectivity index (χ1n) is 8.64. The molecule has 1 atom stereocenters. The van der Waals surface area contributed by atoms with Crippen LogP contribution in [0.2, 0.25) is 15.1 Å². The highest BCUT2D eigenvalue weighted by molar-refractivity contribution is 6.48. The molecule has 182 valence electrons. The number of Topliss-reactive ketones (excluding diaryl/α,β-unsaturated/α-hetero) is 1. The summed E-state index contributed by atoms with van der Waals surface area (Å²) in [7, 11) is 1.34. The van der Waals surface area contributed by atoms with Crippen LogP contribution in [0, 0.1) is 0 Å². The van der Waals surface area contributed by atoms with Gasteiger partial charge >= 0.3 is 12.4 Å². The van der Waals surface area contributed by atoms with Gasteiger partial charge in [-0.25, -0.2) is 4.39 Å². The monoisotopic (exact) mass is 557 g/mol. The Labute approximate surface area is 205 Å². The van der Waals surface area contributed by atoms with E-state index in [2.05, 4.69) is 5.32 Å². The lowest BCUT2D eigenvalue weighted by Gasteiger charge is -2.19. The van der Waals surface area contributed by atoms with Crippen molar-refractivity contribution in [1.29, 1.82) is 0 Å². The van der Waals surface area contributed by atoms with Crippen molar-refractivity contribution >= 4 is 58.8 Å². The van der Waals surface area contributed by atoms with Crippen LogP contribution in [0.25, 0.3) is 5.83 Å². The third-order valence-corrected chi connectivity index (χ3v) is 5.47. The SMILES string of the molecule is CNCC(=O)c1ccc(/C(F)=C/C(c2cc(Cl)c(Cl)c(Cl)c2)C(F)(F)F)cc1C(F)(F)F.Cl. The molecule has 2 nitrogen and oxygen atoms in total. The second-order valence-electron chi connectivity index (χ2n) is 6.54. The van der Waals surface area contributed by atoms with Gasteiger partial charge < -0.3 is 5.32 Å². The van der Waals surface area contributed by atoms with E-state index in [1.54, 1.807) is 0 Å². The summed E-state index contributed by atoms with van der Waals surface area (Å²) in [5, 5.41) is 1.56. The number of likely N-dealkylation sites (N-methyl/N-ethyl adjacent to an activating group) is 1. The number of carbonyl (C=O) groups is 1. The molecule has 0 aliphatic rings. The van der Waals surface area contributed by atoms with Gasteiger partial charge in [-0.3, -0.25) is 4.79 Å². The summed E-state index contributed by atoms with van der Waals surface area (Å²) in [5.41, 5.74) is -3.57. The summed E-state index contributed by atoms with van der Waals surface area (Å²) >= 11 is 17.2. The van der Waals surface area contributed by atoms with Crippen LogP contribution in [0.5, 0.6) is 0 Å². The fraction of sp³-hybridized carbons (Fsp3) is 0.250. The first kappa shape index (κ1) is 29.5. The van der Waals surface area contributed by atoms with E-state index in [0.29, 0.717) is 6.07 Å². The number of carbonyl (C=O) groups excluding carboxylic acids is 1. The molecule has 2 rings (SSSR count). The zero-order valence-corrected chi connectivity index (χ0v) is 19.4. The fourth-order valence-electron chi connectivity index (χ4n) is 2.80. The standard InChI is InChI=1S/C20H13Cl3F7NO.ClH/c1-31-8-17(32)11-3-2-9(4-13(11)20(28,29)30)16(24)7-12(19(25,26)27)10-5-14(21)18(23)15(22)6-10;/h2-7,12,31H,8H2,1H3;1H/b16-7-;. The smallest absolute Gasteiger partial charge is 0.313 e. The minimum absolute atomic E-state index is 0. The van der Waals surface area contributed by atoms with Gasteiger partial charge in [-0.2, -0.15) is 26.3 Å². The molecular weight excluding hydrogens is 545 g/mol. The molecule has 1 N–H and O–H groups in total. The number of rotatable bonds is 6. The predicted molar refractivity (Wildman–Crippen MR) is 116 cm³/mol. The van der Waals surface area contributed by atoms with Crippen LogP contribution in [0.1, 0.15) is 33.0 Å². The van der Waals surface area contributed by atoms with Crippen molar-refractivity contribution < 1.29 is 35.5 Å². The van der Waals surface area contributed by atoms with Crippen LogP contribution in [0.3, 0.4) is 0 Å². The third kappa shape index (κ3) is 7.23. The van der Waals surface area contributed by atoms with Gasteiger partial charge in [-0.05, 0) is 36.9 Å². The highest BCUT2D eigenvalue weighted by Gasteiger charge is 2.41. The molecule has 0 aliphatic carbocycles. The van der Waals surface area contributed by atoms with Crippen LogP contribution in [0.4, 0.5) is 30.7 Å². The Hall–Kier alpha value is -1.52. The van der Waals surface area contributed by atoms with Gasteiger partial charge in [0.15, 0.2) is 5.78 Å². The van der Waals surface area contributed by atoms with Gasteiger partial charge in [0, 0.05) is 11.1 Å². The van der Waals surface area contributed by atoms with E-state index in [4.69, 9.17) is 34.8 Å². The molecule has 0 radical (unpaired) electrons. The summed E-state index contributed by atoms with van der Waals surface area (Å²) in [6, 6.07) is 3.45. The molecule has 0 bridgehead atoms. The van der Waals surface area contributed by atoms with Crippen molar-refractivity contribution in [3.63, 3.8) is 0 Å². The Balaban J connectivity index is 0.00000544. The lowest BCUT2D eigenvalue weighted by atomic mass is 9.95. The van der Waals surface area contributed by atoms with E-state index in [1.165, 1.54) is 7.05 Å². The molecule has 0 heterocycles. The molecular formula is C20H14Cl4F7NO. The largest absolute Gasteiger partial charge is 0.417 e. The first-order chi connectivity index (χ1) is 14.7. The summed E-state index contributed by atoms with van der Waals surface area (Å²) in [5.74, 6) is -5.10. The van der Waals surface area contributed by atoms with Crippen LogP contribution >= 0.6 is 47.2 Å². The van der Waals surface area contributed by atoms with E-state index in [0.717, 1.165) is 18.2 Å². The topological polar surface area (TPSA) is 29.1 Å². The maximum absolute atomic E-state index is 14.7. The molecule has 13 heteroatoms. The van der Waals surface area contributed by atoms with E-state index in [1.807, 2.05) is 0 Å². The number of allylic oxidation sites excluding steroid dienone is 1. The summed E-state index contributed by atoms with van der Waals surface area (Å²) in [6.07, 6.45) is -9.98. The summed E-state index contributed by atoms with van der Waals surface area (Å²) in [6.45, 7) is -0.422. The average Bonchev–Trinajstić information content (AvgIpc) is 2.67. The quantitative estimate of drug-likeness (QED) is 0.220. The molecule has 0 spiro atoms. The van der Waals surface area contributed by atoms with E-state index < -0.39 is 58.7 Å². The molecule has 2 aromatic carbocycles. The maximum Gasteiger partial charge on any atom is 0.417 e. The molecule has 0 amide bonds. The van der Waals surface area contributed by atoms with Crippen molar-refractivity contribution in [3.8, 4) is 0 Å². The lowest BCUT2D eigenvalue weighted by molar-refractivity contribution is -0.140. The highest BCUT2D eigenvalue weighted by Crippen LogP contribution is 2.42. The van der Waals surface area contributed by atoms with Crippen LogP contribution in [-0.4, -0.2) is 25.6 Å². The fourth-order valence-corrected chi connectivity index (χ4v) is 3.42. The molecule has 0 fully saturated rings. The normalized spacial score (nSPS) is 13.5. The summed E-state index contributed by atoms with van der Waals surface area (Å²) < 4.78 is 95.8. The van der Waals surface area contributed by atoms with E-state index >= 15 is 0 Å². The zero-order chi connectivity index (χ0) is 24.4. The molecule has 0 saturated carbocycles. The molecule has 0 aromatic heterocycles. The Kier molecular flexibility index (Phi) is 10.1. The van der Waals surface area contributed by atoms with Gasteiger partial charge in [0.25, 0.3) is 0 Å². The van der Waals surface area contributed by atoms with Crippen molar-refractivity contribution in [2.75, 3.05) is 13.6 Å². The molecule has 1 unspecified atom stereocenters. The van der Waals surface area contributed by atoms with Crippen molar-refractivity contribution in [3.05, 3.63) is 73.7 Å². The van der Waals surface area contributed by atoms with Gasteiger partial charge in [0.1, 0.15) is 11.7 Å². The van der Waals surface area contributed by atoms with Gasteiger partial charge in [-0.15, -0.1) is 12.4 Å². The summed E-state index contributed by atoms with van der Waals surface area (Å²) in [4.78, 5) is 11.9. The Morgan fingerprint density at radius 1 is 1.03 bits per heavy atom. The van der Waals surface area contributed by atoms with Crippen molar-refractivity contribution in [2.45, 2.75) is 18.3 Å². The molecule has 0 saturated heterocycles. The average molecular weight is 559 g/mol. The van der Waals surface area contributed by atoms with Crippen LogP contribution in [0.15, 0.2) is 36.4 Å². The Morgan fingerprint density at radius 2 is 1.58 bits per heavy atom. The van der Waals surface area contributed by atoms with E-state index in [9.17, 15) is 35.5 Å². The molecule has 0 aliphatic heterocycles. The Bertz CT molecular complexity index is 1030. The minimum Gasteiger partial charge on any atom is -0.313 e. The zero-order valence-electron chi connectivity index (χ0n) is 16.3. The van der Waals surface area contributed by atoms with E-state index in [-0.39, 0.29) is 39.6 Å². The van der Waals surface area contributed by atoms with Gasteiger partial charge in [-0.1, -0.05) is 46.9 Å². The second-order valence-corrected chi connectivity index (χ2v) is 7.74. The minimum atomic E-state index is -5.05. The predicted octanol–water partition coefficient (Wildman–Crippen LogP) is 8.15. The third-order valence-electron chi connectivity index (χ3n) is 4.27. The van der Waals surface area contributed by atoms with Crippen molar-refractivity contribution in [1.82, 2.24) is 5.32 Å². The number of nitrogens with one attached hydrogen (secondary N) is 1. The molecule has 2 aromatic rings. The van der Waals surface area contributed by atoms with Crippen molar-refractivity contribution in [2.24, 2.45) is 0 Å². The number of hydrogen-bond acceptors (Lipinski definition) is 2. The number of benzene rings is 2. The second kappa shape index (κ2) is 11.3. The highest BCUT2D eigenvalue weighted by atomic mass is 35.5. The van der Waals surface area contributed by atoms with Crippen LogP contribution < -0.4 is 5.32 Å². The van der Waals surface area contributed by atoms with Crippen LogP contribution in [-0.2, 0) is 6.18 Å².